The summed E-state index contributed by atoms with van der Waals surface area (Å²) in [6.45, 7) is 8.45. The van der Waals surface area contributed by atoms with Crippen LogP contribution in [0.15, 0.2) is 0 Å². The first-order valence-corrected chi connectivity index (χ1v) is 6.32. The Balaban J connectivity index is 2.52. The highest BCUT2D eigenvalue weighted by Crippen LogP contribution is 2.37. The van der Waals surface area contributed by atoms with E-state index in [4.69, 9.17) is 0 Å². The summed E-state index contributed by atoms with van der Waals surface area (Å²) < 4.78 is 0. The topological polar surface area (TPSA) is 3.24 Å². The maximum Gasteiger partial charge on any atom is 0.0203 e. The molecule has 1 aliphatic carbocycles. The van der Waals surface area contributed by atoms with Gasteiger partial charge in [0.1, 0.15) is 0 Å². The molecule has 1 saturated carbocycles. The second kappa shape index (κ2) is 5.16. The van der Waals surface area contributed by atoms with Crippen molar-refractivity contribution in [2.24, 2.45) is 5.92 Å². The molecule has 2 unspecified atom stereocenters. The van der Waals surface area contributed by atoms with E-state index in [0.29, 0.717) is 5.54 Å². The van der Waals surface area contributed by atoms with Gasteiger partial charge >= 0.3 is 0 Å². The predicted octanol–water partition coefficient (Wildman–Crippen LogP) is 3.69. The van der Waals surface area contributed by atoms with Crippen molar-refractivity contribution in [2.75, 3.05) is 13.6 Å². The van der Waals surface area contributed by atoms with E-state index < -0.39 is 0 Å². The fourth-order valence-electron chi connectivity index (χ4n) is 2.71. The van der Waals surface area contributed by atoms with E-state index in [9.17, 15) is 0 Å². The molecule has 1 rings (SSSR count). The summed E-state index contributed by atoms with van der Waals surface area (Å²) in [7, 11) is 2.32. The summed E-state index contributed by atoms with van der Waals surface area (Å²) in [5.74, 6) is 0.873. The maximum atomic E-state index is 2.61. The van der Waals surface area contributed by atoms with Crippen LogP contribution in [-0.2, 0) is 0 Å². The smallest absolute Gasteiger partial charge is 0.0203 e. The van der Waals surface area contributed by atoms with E-state index >= 15 is 0 Å². The van der Waals surface area contributed by atoms with Crippen LogP contribution in [0.25, 0.3) is 0 Å². The maximum absolute atomic E-state index is 2.61. The van der Waals surface area contributed by atoms with Crippen molar-refractivity contribution < 1.29 is 0 Å². The highest BCUT2D eigenvalue weighted by atomic mass is 15.2. The minimum atomic E-state index is 0.480. The summed E-state index contributed by atoms with van der Waals surface area (Å²) >= 11 is 0. The van der Waals surface area contributed by atoms with Crippen LogP contribution >= 0.6 is 0 Å². The lowest BCUT2D eigenvalue weighted by Crippen LogP contribution is -2.50. The van der Waals surface area contributed by atoms with E-state index in [2.05, 4.69) is 32.7 Å². The molecule has 0 radical (unpaired) electrons. The quantitative estimate of drug-likeness (QED) is 0.664. The molecular formula is C13H27N. The standard InChI is InChI=1S/C13H27N/c1-5-6-11-14(4)13(3)10-8-7-9-12(13)2/h12H,5-11H2,1-4H3. The third kappa shape index (κ3) is 2.50. The first kappa shape index (κ1) is 12.0. The van der Waals surface area contributed by atoms with E-state index in [-0.39, 0.29) is 0 Å². The Morgan fingerprint density at radius 3 is 2.64 bits per heavy atom. The average molecular weight is 197 g/mol. The van der Waals surface area contributed by atoms with Crippen LogP contribution in [0.2, 0.25) is 0 Å². The number of rotatable bonds is 4. The van der Waals surface area contributed by atoms with Crippen LogP contribution < -0.4 is 0 Å². The zero-order valence-corrected chi connectivity index (χ0v) is 10.5. The highest BCUT2D eigenvalue weighted by molar-refractivity contribution is 4.92. The summed E-state index contributed by atoms with van der Waals surface area (Å²) in [6, 6.07) is 0. The van der Waals surface area contributed by atoms with Crippen LogP contribution in [-0.4, -0.2) is 24.0 Å². The summed E-state index contributed by atoms with van der Waals surface area (Å²) in [5.41, 5.74) is 0.480. The second-order valence-corrected chi connectivity index (χ2v) is 5.28. The largest absolute Gasteiger partial charge is 0.301 e. The van der Waals surface area contributed by atoms with Gasteiger partial charge in [0, 0.05) is 5.54 Å². The van der Waals surface area contributed by atoms with E-state index in [0.717, 1.165) is 5.92 Å². The summed E-state index contributed by atoms with van der Waals surface area (Å²) in [4.78, 5) is 2.61. The van der Waals surface area contributed by atoms with Crippen molar-refractivity contribution in [3.8, 4) is 0 Å². The first-order valence-electron chi connectivity index (χ1n) is 6.32. The molecular weight excluding hydrogens is 170 g/mol. The number of hydrogen-bond donors (Lipinski definition) is 0. The van der Waals surface area contributed by atoms with Gasteiger partial charge in [0.05, 0.1) is 0 Å². The molecule has 0 heterocycles. The van der Waals surface area contributed by atoms with Crippen molar-refractivity contribution in [3.05, 3.63) is 0 Å². The Labute approximate surface area is 89.9 Å². The Morgan fingerprint density at radius 2 is 2.07 bits per heavy atom. The van der Waals surface area contributed by atoms with Crippen molar-refractivity contribution in [1.82, 2.24) is 4.90 Å². The lowest BCUT2D eigenvalue weighted by molar-refractivity contribution is 0.0420. The Hall–Kier alpha value is -0.0400. The van der Waals surface area contributed by atoms with Crippen LogP contribution in [0.3, 0.4) is 0 Å². The van der Waals surface area contributed by atoms with Gasteiger partial charge in [-0.25, -0.2) is 0 Å². The number of unbranched alkanes of at least 4 members (excludes halogenated alkanes) is 1. The molecule has 0 aromatic heterocycles. The molecule has 84 valence electrons. The number of nitrogens with zero attached hydrogens (tertiary/aromatic N) is 1. The molecule has 0 aromatic rings. The van der Waals surface area contributed by atoms with Crippen molar-refractivity contribution >= 4 is 0 Å². The van der Waals surface area contributed by atoms with E-state index in [1.165, 1.54) is 45.1 Å². The van der Waals surface area contributed by atoms with Gasteiger partial charge in [-0.1, -0.05) is 33.1 Å². The van der Waals surface area contributed by atoms with Crippen LogP contribution in [0.5, 0.6) is 0 Å². The lowest BCUT2D eigenvalue weighted by Gasteiger charge is -2.46. The molecule has 2 atom stereocenters. The minimum Gasteiger partial charge on any atom is -0.301 e. The number of hydrogen-bond acceptors (Lipinski definition) is 1. The minimum absolute atomic E-state index is 0.480. The van der Waals surface area contributed by atoms with Crippen LogP contribution in [0.4, 0.5) is 0 Å². The van der Waals surface area contributed by atoms with Gasteiger partial charge < -0.3 is 4.90 Å². The first-order chi connectivity index (χ1) is 6.61. The SMILES string of the molecule is CCCCN(C)C1(C)CCCCC1C. The molecule has 0 N–H and O–H groups in total. The van der Waals surface area contributed by atoms with Crippen molar-refractivity contribution in [2.45, 2.75) is 64.8 Å². The van der Waals surface area contributed by atoms with Gasteiger partial charge in [-0.2, -0.15) is 0 Å². The molecule has 1 heteroatoms. The molecule has 0 aromatic carbocycles. The van der Waals surface area contributed by atoms with E-state index in [1.54, 1.807) is 0 Å². The van der Waals surface area contributed by atoms with Gasteiger partial charge in [-0.05, 0) is 45.7 Å². The molecule has 14 heavy (non-hydrogen) atoms. The third-order valence-corrected chi connectivity index (χ3v) is 4.35. The monoisotopic (exact) mass is 197 g/mol. The van der Waals surface area contributed by atoms with Gasteiger partial charge in [0.2, 0.25) is 0 Å². The van der Waals surface area contributed by atoms with Gasteiger partial charge in [-0.3, -0.25) is 0 Å². The molecule has 0 aliphatic heterocycles. The fraction of sp³-hybridized carbons (Fsp3) is 1.00. The highest BCUT2D eigenvalue weighted by Gasteiger charge is 2.36. The van der Waals surface area contributed by atoms with Crippen molar-refractivity contribution in [3.63, 3.8) is 0 Å². The van der Waals surface area contributed by atoms with Gasteiger partial charge in [0.15, 0.2) is 0 Å². The predicted molar refractivity (Wildman–Crippen MR) is 63.6 cm³/mol. The molecule has 1 aliphatic rings. The lowest BCUT2D eigenvalue weighted by atomic mass is 9.74. The zero-order valence-electron chi connectivity index (χ0n) is 10.5. The molecule has 0 saturated heterocycles. The Morgan fingerprint density at radius 1 is 1.36 bits per heavy atom. The normalized spacial score (nSPS) is 33.6. The van der Waals surface area contributed by atoms with Crippen molar-refractivity contribution in [1.29, 1.82) is 0 Å². The third-order valence-electron chi connectivity index (χ3n) is 4.35. The molecule has 0 spiro atoms. The summed E-state index contributed by atoms with van der Waals surface area (Å²) in [6.07, 6.45) is 8.35. The molecule has 0 amide bonds. The fourth-order valence-corrected chi connectivity index (χ4v) is 2.71. The average Bonchev–Trinajstić information content (AvgIpc) is 2.19. The Bertz CT molecular complexity index is 167. The second-order valence-electron chi connectivity index (χ2n) is 5.28. The van der Waals surface area contributed by atoms with Gasteiger partial charge in [0.25, 0.3) is 0 Å². The van der Waals surface area contributed by atoms with E-state index in [1.807, 2.05) is 0 Å². The molecule has 0 bridgehead atoms. The molecule has 1 nitrogen and oxygen atoms in total. The Kier molecular flexibility index (Phi) is 4.43. The van der Waals surface area contributed by atoms with Gasteiger partial charge in [-0.15, -0.1) is 0 Å². The summed E-state index contributed by atoms with van der Waals surface area (Å²) in [5, 5.41) is 0. The molecule has 1 fully saturated rings. The van der Waals surface area contributed by atoms with Crippen LogP contribution in [0.1, 0.15) is 59.3 Å². The zero-order chi connectivity index (χ0) is 10.6. The van der Waals surface area contributed by atoms with Crippen LogP contribution in [0, 0.1) is 5.92 Å².